The van der Waals surface area contributed by atoms with E-state index in [2.05, 4.69) is 21.2 Å². The molecule has 0 bridgehead atoms. The number of ether oxygens (including phenoxy) is 2. The van der Waals surface area contributed by atoms with Crippen molar-refractivity contribution >= 4 is 43.5 Å². The molecule has 9 nitrogen and oxygen atoms in total. The van der Waals surface area contributed by atoms with Crippen LogP contribution in [0.15, 0.2) is 77.3 Å². The zero-order valence-corrected chi connectivity index (χ0v) is 26.4. The fourth-order valence-electron chi connectivity index (χ4n) is 4.63. The molecule has 0 aliphatic carbocycles. The number of carbonyl (C=O) groups excluding carboxylic acids is 2. The fraction of sp³-hybridized carbons (Fsp3) is 0.355. The van der Waals surface area contributed by atoms with Crippen LogP contribution >= 0.6 is 15.9 Å². The molecule has 0 radical (unpaired) electrons. The predicted octanol–water partition coefficient (Wildman–Crippen LogP) is 4.54. The summed E-state index contributed by atoms with van der Waals surface area (Å²) in [7, 11) is -3.90. The molecule has 3 aromatic carbocycles. The van der Waals surface area contributed by atoms with Gasteiger partial charge in [-0.1, -0.05) is 65.3 Å². The number of amides is 2. The van der Waals surface area contributed by atoms with Gasteiger partial charge in [-0.25, -0.2) is 8.42 Å². The minimum Gasteiger partial charge on any atom is -0.486 e. The van der Waals surface area contributed by atoms with Crippen LogP contribution in [0.4, 0.5) is 5.69 Å². The van der Waals surface area contributed by atoms with E-state index in [1.165, 1.54) is 4.90 Å². The Morgan fingerprint density at radius 1 is 0.952 bits per heavy atom. The summed E-state index contributed by atoms with van der Waals surface area (Å²) in [5.74, 6) is 0.0868. The van der Waals surface area contributed by atoms with Crippen molar-refractivity contribution in [3.05, 3.63) is 88.4 Å². The van der Waals surface area contributed by atoms with E-state index in [0.717, 1.165) is 32.6 Å². The molecule has 0 saturated carbocycles. The molecule has 4 rings (SSSR count). The quantitative estimate of drug-likeness (QED) is 0.307. The molecular formula is C31H36BrN3O6S. The Bertz CT molecular complexity index is 1500. The number of fused-ring (bicyclic) bond motifs is 1. The molecule has 1 aliphatic heterocycles. The predicted molar refractivity (Wildman–Crippen MR) is 166 cm³/mol. The Morgan fingerprint density at radius 3 is 2.31 bits per heavy atom. The van der Waals surface area contributed by atoms with Crippen LogP contribution in [0.1, 0.15) is 31.4 Å². The van der Waals surface area contributed by atoms with Crippen LogP contribution in [0.25, 0.3) is 0 Å². The van der Waals surface area contributed by atoms with Gasteiger partial charge >= 0.3 is 0 Å². The topological polar surface area (TPSA) is 105 Å². The van der Waals surface area contributed by atoms with E-state index in [-0.39, 0.29) is 30.6 Å². The van der Waals surface area contributed by atoms with Crippen LogP contribution in [0.2, 0.25) is 0 Å². The average molecular weight is 659 g/mol. The molecule has 1 aliphatic rings. The van der Waals surface area contributed by atoms with Gasteiger partial charge in [0.25, 0.3) is 0 Å². The Balaban J connectivity index is 1.73. The number of nitrogens with one attached hydrogen (secondary N) is 1. The van der Waals surface area contributed by atoms with Crippen molar-refractivity contribution in [1.29, 1.82) is 0 Å². The molecule has 2 atom stereocenters. The molecule has 3 aromatic rings. The Labute approximate surface area is 256 Å². The summed E-state index contributed by atoms with van der Waals surface area (Å²) in [6, 6.07) is 20.7. The first-order valence-corrected chi connectivity index (χ1v) is 16.4. The van der Waals surface area contributed by atoms with Crippen molar-refractivity contribution in [3.8, 4) is 11.5 Å². The number of sulfonamides is 1. The summed E-state index contributed by atoms with van der Waals surface area (Å²) < 4.78 is 39.2. The highest BCUT2D eigenvalue weighted by Gasteiger charge is 2.33. The van der Waals surface area contributed by atoms with Gasteiger partial charge in [-0.3, -0.25) is 13.9 Å². The maximum absolute atomic E-state index is 14.2. The second kappa shape index (κ2) is 14.1. The number of hydrogen-bond donors (Lipinski definition) is 1. The molecular weight excluding hydrogens is 622 g/mol. The van der Waals surface area contributed by atoms with E-state index in [1.54, 1.807) is 18.2 Å². The number of carbonyl (C=O) groups is 2. The molecule has 2 unspecified atom stereocenters. The lowest BCUT2D eigenvalue weighted by atomic mass is 10.0. The third-order valence-electron chi connectivity index (χ3n) is 7.01. The van der Waals surface area contributed by atoms with Gasteiger partial charge in [0.05, 0.1) is 11.9 Å². The van der Waals surface area contributed by atoms with Crippen LogP contribution in [0.5, 0.6) is 11.5 Å². The molecule has 0 spiro atoms. The first kappa shape index (κ1) is 31.4. The van der Waals surface area contributed by atoms with E-state index >= 15 is 0 Å². The molecule has 11 heteroatoms. The molecule has 42 heavy (non-hydrogen) atoms. The highest BCUT2D eigenvalue weighted by molar-refractivity contribution is 9.10. The van der Waals surface area contributed by atoms with Crippen molar-refractivity contribution < 1.29 is 27.5 Å². The van der Waals surface area contributed by atoms with Crippen molar-refractivity contribution in [2.45, 2.75) is 45.3 Å². The van der Waals surface area contributed by atoms with Gasteiger partial charge in [0.2, 0.25) is 21.8 Å². The lowest BCUT2D eigenvalue weighted by molar-refractivity contribution is -0.140. The molecule has 0 saturated heterocycles. The second-order valence-corrected chi connectivity index (χ2v) is 13.1. The van der Waals surface area contributed by atoms with E-state index in [9.17, 15) is 18.0 Å². The first-order chi connectivity index (χ1) is 20.0. The molecule has 1 N–H and O–H groups in total. The van der Waals surface area contributed by atoms with Crippen LogP contribution in [0.3, 0.4) is 0 Å². The lowest BCUT2D eigenvalue weighted by Crippen LogP contribution is -2.54. The van der Waals surface area contributed by atoms with Gasteiger partial charge in [0, 0.05) is 29.5 Å². The monoisotopic (exact) mass is 657 g/mol. The average Bonchev–Trinajstić information content (AvgIpc) is 2.97. The van der Waals surface area contributed by atoms with Crippen LogP contribution in [0, 0.1) is 0 Å². The normalized spacial score (nSPS) is 14.0. The van der Waals surface area contributed by atoms with E-state index < -0.39 is 28.5 Å². The summed E-state index contributed by atoms with van der Waals surface area (Å²) in [5.41, 5.74) is 1.93. The zero-order chi connectivity index (χ0) is 30.3. The summed E-state index contributed by atoms with van der Waals surface area (Å²) in [6.07, 6.45) is 2.02. The van der Waals surface area contributed by atoms with Gasteiger partial charge in [-0.2, -0.15) is 0 Å². The van der Waals surface area contributed by atoms with Crippen molar-refractivity contribution in [2.75, 3.05) is 30.3 Å². The number of hydrogen-bond acceptors (Lipinski definition) is 6. The zero-order valence-electron chi connectivity index (χ0n) is 24.0. The molecule has 224 valence electrons. The Kier molecular flexibility index (Phi) is 10.5. The van der Waals surface area contributed by atoms with Gasteiger partial charge < -0.3 is 19.7 Å². The van der Waals surface area contributed by atoms with Crippen molar-refractivity contribution in [3.63, 3.8) is 0 Å². The van der Waals surface area contributed by atoms with Crippen molar-refractivity contribution in [2.24, 2.45) is 0 Å². The van der Waals surface area contributed by atoms with E-state index in [4.69, 9.17) is 9.47 Å². The van der Waals surface area contributed by atoms with Crippen LogP contribution < -0.4 is 19.1 Å². The summed E-state index contributed by atoms with van der Waals surface area (Å²) >= 11 is 3.49. The smallest absolute Gasteiger partial charge is 0.244 e. The minimum atomic E-state index is -3.90. The Hall–Kier alpha value is -3.57. The van der Waals surface area contributed by atoms with Crippen LogP contribution in [-0.4, -0.2) is 63.2 Å². The number of benzene rings is 3. The third kappa shape index (κ3) is 8.25. The summed E-state index contributed by atoms with van der Waals surface area (Å²) in [5, 5.41) is 3.03. The van der Waals surface area contributed by atoms with Gasteiger partial charge in [-0.05, 0) is 48.7 Å². The van der Waals surface area contributed by atoms with Gasteiger partial charge in [-0.15, -0.1) is 0 Å². The molecule has 2 amide bonds. The largest absolute Gasteiger partial charge is 0.486 e. The Morgan fingerprint density at radius 2 is 1.64 bits per heavy atom. The third-order valence-corrected chi connectivity index (χ3v) is 8.64. The van der Waals surface area contributed by atoms with E-state index in [1.807, 2.05) is 68.4 Å². The number of halogens is 1. The van der Waals surface area contributed by atoms with Gasteiger partial charge in [0.1, 0.15) is 25.8 Å². The molecule has 0 aromatic heterocycles. The maximum Gasteiger partial charge on any atom is 0.244 e. The minimum absolute atomic E-state index is 0.0996. The summed E-state index contributed by atoms with van der Waals surface area (Å²) in [4.78, 5) is 29.4. The molecule has 1 heterocycles. The van der Waals surface area contributed by atoms with Crippen molar-refractivity contribution in [1.82, 2.24) is 10.2 Å². The highest BCUT2D eigenvalue weighted by Crippen LogP contribution is 2.35. The van der Waals surface area contributed by atoms with E-state index in [0.29, 0.717) is 24.7 Å². The standard InChI is InChI=1S/C31H36BrN3O6S/c1-4-22(2)33-31(37)27(18-23-9-6-5-7-10-23)34(20-24-11-8-12-25(32)17-24)30(36)21-35(42(3,38)39)26-13-14-28-29(19-26)41-16-15-40-28/h5-14,17,19,22,27H,4,15-16,18,20-21H2,1-3H3,(H,33,37). The number of nitrogens with zero attached hydrogens (tertiary/aromatic N) is 2. The summed E-state index contributed by atoms with van der Waals surface area (Å²) in [6.45, 7) is 4.20. The first-order valence-electron chi connectivity index (χ1n) is 13.8. The SMILES string of the molecule is CCC(C)NC(=O)C(Cc1ccccc1)N(Cc1cccc(Br)c1)C(=O)CN(c1ccc2c(c1)OCCO2)S(C)(=O)=O. The lowest BCUT2D eigenvalue weighted by Gasteiger charge is -2.34. The van der Waals surface area contributed by atoms with Gasteiger partial charge in [0.15, 0.2) is 11.5 Å². The molecule has 0 fully saturated rings. The number of anilines is 1. The maximum atomic E-state index is 14.2. The fourth-order valence-corrected chi connectivity index (χ4v) is 5.92. The highest BCUT2D eigenvalue weighted by atomic mass is 79.9. The van der Waals surface area contributed by atoms with Crippen LogP contribution in [-0.2, 0) is 32.6 Å². The number of rotatable bonds is 12. The second-order valence-electron chi connectivity index (χ2n) is 10.3.